The highest BCUT2D eigenvalue weighted by Gasteiger charge is 2.33. The zero-order valence-corrected chi connectivity index (χ0v) is 15.7. The van der Waals surface area contributed by atoms with Crippen molar-refractivity contribution in [3.05, 3.63) is 39.0 Å². The molecule has 8 nitrogen and oxygen atoms in total. The third kappa shape index (κ3) is 3.04. The van der Waals surface area contributed by atoms with Gasteiger partial charge in [0.25, 0.3) is 0 Å². The molecule has 2 aliphatic rings. The van der Waals surface area contributed by atoms with Crippen molar-refractivity contribution >= 4 is 21.6 Å². The zero-order chi connectivity index (χ0) is 18.5. The summed E-state index contributed by atoms with van der Waals surface area (Å²) in [6, 6.07) is 3.13. The molecule has 0 spiro atoms. The number of aromatic nitrogens is 3. The number of halogens is 1. The average Bonchev–Trinajstić information content (AvgIpc) is 3.20. The highest BCUT2D eigenvalue weighted by Crippen LogP contribution is 2.39. The molecule has 0 bridgehead atoms. The van der Waals surface area contributed by atoms with E-state index in [1.807, 2.05) is 6.92 Å². The number of sulfonamides is 1. The van der Waals surface area contributed by atoms with Crippen molar-refractivity contribution in [2.75, 3.05) is 13.1 Å². The van der Waals surface area contributed by atoms with Crippen LogP contribution in [0.2, 0.25) is 5.02 Å². The number of nitrogens with one attached hydrogen (secondary N) is 2. The van der Waals surface area contributed by atoms with Crippen LogP contribution in [0, 0.1) is 0 Å². The van der Waals surface area contributed by atoms with E-state index < -0.39 is 10.0 Å². The fourth-order valence-corrected chi connectivity index (χ4v) is 5.50. The Labute approximate surface area is 155 Å². The lowest BCUT2D eigenvalue weighted by atomic mass is 9.98. The maximum Gasteiger partial charge on any atom is 0.340 e. The number of piperidine rings is 1. The number of nitrogens with zero attached hydrogens (tertiary/aromatic N) is 2. The van der Waals surface area contributed by atoms with Gasteiger partial charge in [-0.05, 0) is 31.9 Å². The second-order valence-corrected chi connectivity index (χ2v) is 9.11. The lowest BCUT2D eigenvalue weighted by molar-refractivity contribution is 0.255. The largest absolute Gasteiger partial charge is 0.489 e. The molecule has 1 fully saturated rings. The molecule has 140 valence electrons. The van der Waals surface area contributed by atoms with Crippen LogP contribution in [0.4, 0.5) is 0 Å². The Hall–Kier alpha value is -1.84. The number of hydrogen-bond acceptors (Lipinski definition) is 5. The summed E-state index contributed by atoms with van der Waals surface area (Å²) in [5, 5.41) is 6.63. The molecule has 0 radical (unpaired) electrons. The van der Waals surface area contributed by atoms with Crippen LogP contribution in [0.5, 0.6) is 5.75 Å². The van der Waals surface area contributed by atoms with Gasteiger partial charge in [-0.25, -0.2) is 18.3 Å². The molecule has 1 atom stereocenters. The highest BCUT2D eigenvalue weighted by molar-refractivity contribution is 7.89. The minimum absolute atomic E-state index is 0.00722. The Morgan fingerprint density at radius 3 is 2.69 bits per heavy atom. The normalized spacial score (nSPS) is 21.5. The molecule has 10 heteroatoms. The number of H-pyrrole nitrogens is 2. The van der Waals surface area contributed by atoms with Gasteiger partial charge in [-0.15, -0.1) is 0 Å². The molecule has 0 saturated carbocycles. The third-order valence-electron chi connectivity index (χ3n) is 4.92. The molecular formula is C16H19ClN4O4S. The topological polar surface area (TPSA) is 108 Å². The molecule has 1 unspecified atom stereocenters. The van der Waals surface area contributed by atoms with Crippen molar-refractivity contribution in [3.8, 4) is 5.75 Å². The highest BCUT2D eigenvalue weighted by atomic mass is 35.5. The van der Waals surface area contributed by atoms with Crippen molar-refractivity contribution in [1.29, 1.82) is 0 Å². The monoisotopic (exact) mass is 398 g/mol. The lowest BCUT2D eigenvalue weighted by Crippen LogP contribution is -2.38. The maximum atomic E-state index is 13.0. The minimum atomic E-state index is -3.63. The number of benzene rings is 1. The lowest BCUT2D eigenvalue weighted by Gasteiger charge is -2.30. The first-order chi connectivity index (χ1) is 12.3. The van der Waals surface area contributed by atoms with Crippen molar-refractivity contribution in [2.45, 2.75) is 43.1 Å². The van der Waals surface area contributed by atoms with Gasteiger partial charge in [0, 0.05) is 31.0 Å². The van der Waals surface area contributed by atoms with Gasteiger partial charge in [0.2, 0.25) is 10.0 Å². The van der Waals surface area contributed by atoms with Crippen LogP contribution in [0.1, 0.15) is 37.1 Å². The Morgan fingerprint density at radius 1 is 1.31 bits per heavy atom. The molecule has 4 rings (SSSR count). The third-order valence-corrected chi connectivity index (χ3v) is 7.08. The van der Waals surface area contributed by atoms with Crippen LogP contribution in [0.15, 0.2) is 21.8 Å². The fraction of sp³-hybridized carbons (Fsp3) is 0.500. The summed E-state index contributed by atoms with van der Waals surface area (Å²) in [7, 11) is -3.63. The van der Waals surface area contributed by atoms with E-state index in [1.54, 1.807) is 6.07 Å². The van der Waals surface area contributed by atoms with E-state index in [4.69, 9.17) is 16.3 Å². The molecule has 3 heterocycles. The first kappa shape index (κ1) is 17.6. The van der Waals surface area contributed by atoms with E-state index in [1.165, 1.54) is 10.4 Å². The van der Waals surface area contributed by atoms with Crippen molar-refractivity contribution in [2.24, 2.45) is 0 Å². The van der Waals surface area contributed by atoms with E-state index in [-0.39, 0.29) is 22.6 Å². The SMILES string of the molecule is CC1Cc2cc(S(=O)(=O)N3CCC(c4n[nH]c(=O)[nH]4)CC3)cc(Cl)c2O1. The van der Waals surface area contributed by atoms with Crippen LogP contribution in [-0.2, 0) is 16.4 Å². The van der Waals surface area contributed by atoms with Gasteiger partial charge in [-0.2, -0.15) is 9.40 Å². The second kappa shape index (κ2) is 6.40. The molecule has 2 aromatic rings. The van der Waals surface area contributed by atoms with Gasteiger partial charge < -0.3 is 4.74 Å². The molecule has 26 heavy (non-hydrogen) atoms. The van der Waals surface area contributed by atoms with E-state index in [0.717, 1.165) is 5.56 Å². The molecule has 0 aliphatic carbocycles. The summed E-state index contributed by atoms with van der Waals surface area (Å²) in [4.78, 5) is 14.0. The summed E-state index contributed by atoms with van der Waals surface area (Å²) in [6.45, 7) is 2.65. The standard InChI is InChI=1S/C16H19ClN4O4S/c1-9-6-11-7-12(8-13(17)14(11)25-9)26(23,24)21-4-2-10(3-5-21)15-18-16(22)20-19-15/h7-10H,2-6H2,1H3,(H2,18,19,20,22). The van der Waals surface area contributed by atoms with E-state index in [2.05, 4.69) is 15.2 Å². The predicted molar refractivity (Wildman–Crippen MR) is 95.2 cm³/mol. The molecule has 2 N–H and O–H groups in total. The molecule has 0 amide bonds. The van der Waals surface area contributed by atoms with Gasteiger partial charge in [-0.3, -0.25) is 4.98 Å². The number of ether oxygens (including phenoxy) is 1. The van der Waals surface area contributed by atoms with Gasteiger partial charge in [0.05, 0.1) is 9.92 Å². The Kier molecular flexibility index (Phi) is 4.32. The first-order valence-electron chi connectivity index (χ1n) is 8.48. The minimum Gasteiger partial charge on any atom is -0.489 e. The zero-order valence-electron chi connectivity index (χ0n) is 14.2. The van der Waals surface area contributed by atoms with Gasteiger partial charge >= 0.3 is 5.69 Å². The summed E-state index contributed by atoms with van der Waals surface area (Å²) in [6.07, 6.45) is 1.83. The van der Waals surface area contributed by atoms with Gasteiger partial charge in [0.15, 0.2) is 0 Å². The number of aromatic amines is 2. The van der Waals surface area contributed by atoms with E-state index in [9.17, 15) is 13.2 Å². The smallest absolute Gasteiger partial charge is 0.340 e. The van der Waals surface area contributed by atoms with Crippen molar-refractivity contribution in [3.63, 3.8) is 0 Å². The fourth-order valence-electron chi connectivity index (χ4n) is 3.60. The van der Waals surface area contributed by atoms with Crippen LogP contribution < -0.4 is 10.4 Å². The number of rotatable bonds is 3. The molecule has 1 saturated heterocycles. The average molecular weight is 399 g/mol. The Morgan fingerprint density at radius 2 is 2.04 bits per heavy atom. The Bertz CT molecular complexity index is 992. The summed E-state index contributed by atoms with van der Waals surface area (Å²) < 4.78 is 33.1. The predicted octanol–water partition coefficient (Wildman–Crippen LogP) is 1.64. The first-order valence-corrected chi connectivity index (χ1v) is 10.3. The summed E-state index contributed by atoms with van der Waals surface area (Å²) >= 11 is 6.24. The van der Waals surface area contributed by atoms with Crippen LogP contribution in [-0.4, -0.2) is 47.1 Å². The van der Waals surface area contributed by atoms with Crippen LogP contribution in [0.25, 0.3) is 0 Å². The number of hydrogen-bond donors (Lipinski definition) is 2. The van der Waals surface area contributed by atoms with E-state index in [0.29, 0.717) is 48.9 Å². The van der Waals surface area contributed by atoms with Crippen molar-refractivity contribution < 1.29 is 13.2 Å². The van der Waals surface area contributed by atoms with E-state index >= 15 is 0 Å². The Balaban J connectivity index is 1.54. The van der Waals surface area contributed by atoms with Gasteiger partial charge in [-0.1, -0.05) is 11.6 Å². The summed E-state index contributed by atoms with van der Waals surface area (Å²) in [5.41, 5.74) is 0.479. The molecule has 1 aromatic carbocycles. The number of fused-ring (bicyclic) bond motifs is 1. The summed E-state index contributed by atoms with van der Waals surface area (Å²) in [5.74, 6) is 1.20. The molecule has 2 aliphatic heterocycles. The maximum absolute atomic E-state index is 13.0. The van der Waals surface area contributed by atoms with Crippen LogP contribution >= 0.6 is 11.6 Å². The quantitative estimate of drug-likeness (QED) is 0.817. The second-order valence-electron chi connectivity index (χ2n) is 6.77. The van der Waals surface area contributed by atoms with Crippen LogP contribution in [0.3, 0.4) is 0 Å². The molecular weight excluding hydrogens is 380 g/mol. The van der Waals surface area contributed by atoms with Gasteiger partial charge in [0.1, 0.15) is 17.7 Å². The van der Waals surface area contributed by atoms with Crippen molar-refractivity contribution in [1.82, 2.24) is 19.5 Å². The molecule has 1 aromatic heterocycles.